The van der Waals surface area contributed by atoms with Crippen LogP contribution in [0.3, 0.4) is 0 Å². The zero-order valence-electron chi connectivity index (χ0n) is 19.1. The number of benzene rings is 2. The molecule has 2 fully saturated rings. The zero-order valence-corrected chi connectivity index (χ0v) is 19.1. The molecule has 0 N–H and O–H groups in total. The summed E-state index contributed by atoms with van der Waals surface area (Å²) in [5.41, 5.74) is 3.77. The van der Waals surface area contributed by atoms with E-state index in [1.54, 1.807) is 0 Å². The van der Waals surface area contributed by atoms with Crippen LogP contribution in [0.15, 0.2) is 54.6 Å². The summed E-state index contributed by atoms with van der Waals surface area (Å²) in [7, 11) is 4.16. The molecule has 0 spiro atoms. The number of hydrogen-bond acceptors (Lipinski definition) is 6. The fourth-order valence-corrected chi connectivity index (χ4v) is 5.14. The Balaban J connectivity index is 1.44. The summed E-state index contributed by atoms with van der Waals surface area (Å²) in [6.45, 7) is 3.96. The van der Waals surface area contributed by atoms with Gasteiger partial charge in [0.25, 0.3) is 0 Å². The van der Waals surface area contributed by atoms with Crippen LogP contribution in [-0.2, 0) is 0 Å². The van der Waals surface area contributed by atoms with Crippen LogP contribution in [0.5, 0.6) is 0 Å². The molecule has 7 nitrogen and oxygen atoms in total. The van der Waals surface area contributed by atoms with E-state index in [2.05, 4.69) is 104 Å². The third-order valence-corrected chi connectivity index (χ3v) is 6.96. The molecular weight excluding hydrogens is 398 g/mol. The Morgan fingerprint density at radius 2 is 1.56 bits per heavy atom. The first-order valence-electron chi connectivity index (χ1n) is 11.8. The highest BCUT2D eigenvalue weighted by molar-refractivity contribution is 5.48. The minimum absolute atomic E-state index is 0.0692. The molecule has 0 amide bonds. The van der Waals surface area contributed by atoms with Gasteiger partial charge in [-0.3, -0.25) is 4.90 Å². The lowest BCUT2D eigenvalue weighted by Gasteiger charge is -2.40. The van der Waals surface area contributed by atoms with Crippen LogP contribution in [0.25, 0.3) is 0 Å². The van der Waals surface area contributed by atoms with Crippen molar-refractivity contribution in [2.45, 2.75) is 37.8 Å². The van der Waals surface area contributed by atoms with Gasteiger partial charge >= 0.3 is 0 Å². The number of nitrogens with zero attached hydrogens (tertiary/aromatic N) is 7. The number of piperazine rings is 1. The standard InChI is InChI=1S/C25H33N7/c1-29(2)21-14-12-20(13-15-21)24(25-26-27-28-32(25)23-10-6-7-11-23)31-18-16-30(17-19-31)22-8-4-3-5-9-22/h3-5,8-9,12-15,23-24H,6-7,10-11,16-19H2,1-2H3/t24-/m1/s1. The molecule has 168 valence electrons. The molecule has 1 aliphatic carbocycles. The van der Waals surface area contributed by atoms with Crippen molar-refractivity contribution in [3.05, 3.63) is 66.0 Å². The van der Waals surface area contributed by atoms with Crippen molar-refractivity contribution >= 4 is 11.4 Å². The Kier molecular flexibility index (Phi) is 6.08. The summed E-state index contributed by atoms with van der Waals surface area (Å²) >= 11 is 0. The molecule has 0 unspecified atom stereocenters. The molecule has 0 bridgehead atoms. The van der Waals surface area contributed by atoms with Crippen molar-refractivity contribution in [3.63, 3.8) is 0 Å². The van der Waals surface area contributed by atoms with E-state index >= 15 is 0 Å². The van der Waals surface area contributed by atoms with Gasteiger partial charge in [0.15, 0.2) is 5.82 Å². The molecule has 1 atom stereocenters. The fraction of sp³-hybridized carbons (Fsp3) is 0.480. The highest BCUT2D eigenvalue weighted by Crippen LogP contribution is 2.35. The van der Waals surface area contributed by atoms with Gasteiger partial charge < -0.3 is 9.80 Å². The minimum Gasteiger partial charge on any atom is -0.378 e. The number of aromatic nitrogens is 4. The van der Waals surface area contributed by atoms with Gasteiger partial charge in [0.05, 0.1) is 12.1 Å². The number of rotatable bonds is 6. The first kappa shape index (κ1) is 20.9. The Bertz CT molecular complexity index is 985. The number of anilines is 2. The highest BCUT2D eigenvalue weighted by Gasteiger charge is 2.33. The zero-order chi connectivity index (χ0) is 21.9. The summed E-state index contributed by atoms with van der Waals surface area (Å²) in [5.74, 6) is 0.989. The van der Waals surface area contributed by atoms with Crippen LogP contribution >= 0.6 is 0 Å². The fourth-order valence-electron chi connectivity index (χ4n) is 5.14. The Hall–Kier alpha value is -2.93. The van der Waals surface area contributed by atoms with E-state index in [0.717, 1.165) is 32.0 Å². The van der Waals surface area contributed by atoms with Crippen LogP contribution in [0.1, 0.15) is 49.2 Å². The number of tetrazole rings is 1. The summed E-state index contributed by atoms with van der Waals surface area (Å²) in [6, 6.07) is 20.1. The van der Waals surface area contributed by atoms with Gasteiger partial charge in [-0.05, 0) is 53.1 Å². The van der Waals surface area contributed by atoms with Crippen LogP contribution in [-0.4, -0.2) is 65.4 Å². The van der Waals surface area contributed by atoms with E-state index in [4.69, 9.17) is 0 Å². The third kappa shape index (κ3) is 4.21. The molecule has 7 heteroatoms. The predicted octanol–water partition coefficient (Wildman–Crippen LogP) is 3.77. The first-order valence-corrected chi connectivity index (χ1v) is 11.8. The van der Waals surface area contributed by atoms with Gasteiger partial charge in [0.1, 0.15) is 0 Å². The van der Waals surface area contributed by atoms with Crippen LogP contribution in [0.2, 0.25) is 0 Å². The molecule has 2 aromatic carbocycles. The van der Waals surface area contributed by atoms with Gasteiger partial charge in [-0.2, -0.15) is 0 Å². The van der Waals surface area contributed by atoms with E-state index in [9.17, 15) is 0 Å². The quantitative estimate of drug-likeness (QED) is 0.592. The van der Waals surface area contributed by atoms with Crippen LogP contribution < -0.4 is 9.80 Å². The lowest BCUT2D eigenvalue weighted by atomic mass is 10.0. The maximum atomic E-state index is 4.58. The second-order valence-electron chi connectivity index (χ2n) is 9.17. The molecule has 1 saturated heterocycles. The summed E-state index contributed by atoms with van der Waals surface area (Å²) in [5, 5.41) is 13.2. The third-order valence-electron chi connectivity index (χ3n) is 6.96. The normalized spacial score (nSPS) is 18.8. The molecule has 0 radical (unpaired) electrons. The maximum Gasteiger partial charge on any atom is 0.173 e. The SMILES string of the molecule is CN(C)c1ccc([C@H](c2nnnn2C2CCCC2)N2CCN(c3ccccc3)CC2)cc1. The van der Waals surface area contributed by atoms with Gasteiger partial charge in [-0.15, -0.1) is 5.10 Å². The maximum absolute atomic E-state index is 4.58. The van der Waals surface area contributed by atoms with Gasteiger partial charge in [-0.1, -0.05) is 43.2 Å². The van der Waals surface area contributed by atoms with E-state index in [1.807, 2.05) is 0 Å². The number of para-hydroxylation sites is 1. The van der Waals surface area contributed by atoms with Crippen molar-refractivity contribution in [2.24, 2.45) is 0 Å². The van der Waals surface area contributed by atoms with Gasteiger partial charge in [0.2, 0.25) is 0 Å². The predicted molar refractivity (Wildman–Crippen MR) is 128 cm³/mol. The largest absolute Gasteiger partial charge is 0.378 e. The molecule has 2 aliphatic rings. The number of hydrogen-bond donors (Lipinski definition) is 0. The lowest BCUT2D eigenvalue weighted by molar-refractivity contribution is 0.198. The monoisotopic (exact) mass is 431 g/mol. The van der Waals surface area contributed by atoms with Crippen LogP contribution in [0, 0.1) is 0 Å². The van der Waals surface area contributed by atoms with Gasteiger partial charge in [-0.25, -0.2) is 4.68 Å². The molecule has 1 saturated carbocycles. The second kappa shape index (κ2) is 9.28. The van der Waals surface area contributed by atoms with Crippen molar-refractivity contribution < 1.29 is 0 Å². The van der Waals surface area contributed by atoms with E-state index < -0.39 is 0 Å². The smallest absolute Gasteiger partial charge is 0.173 e. The first-order chi connectivity index (χ1) is 15.7. The Morgan fingerprint density at radius 3 is 2.22 bits per heavy atom. The molecule has 5 rings (SSSR count). The summed E-state index contributed by atoms with van der Waals surface area (Å²) < 4.78 is 2.13. The lowest BCUT2D eigenvalue weighted by Crippen LogP contribution is -2.48. The Labute approximate surface area is 190 Å². The van der Waals surface area contributed by atoms with E-state index in [1.165, 1.54) is 42.6 Å². The highest BCUT2D eigenvalue weighted by atomic mass is 15.6. The van der Waals surface area contributed by atoms with Crippen molar-refractivity contribution in [3.8, 4) is 0 Å². The topological polar surface area (TPSA) is 53.3 Å². The van der Waals surface area contributed by atoms with Crippen molar-refractivity contribution in [1.82, 2.24) is 25.1 Å². The molecule has 1 aliphatic heterocycles. The van der Waals surface area contributed by atoms with Crippen molar-refractivity contribution in [2.75, 3.05) is 50.1 Å². The van der Waals surface area contributed by atoms with Crippen LogP contribution in [0.4, 0.5) is 11.4 Å². The summed E-state index contributed by atoms with van der Waals surface area (Å²) in [4.78, 5) is 7.17. The van der Waals surface area contributed by atoms with E-state index in [0.29, 0.717) is 6.04 Å². The van der Waals surface area contributed by atoms with Gasteiger partial charge in [0, 0.05) is 51.6 Å². The molecule has 2 heterocycles. The molecule has 3 aromatic rings. The average molecular weight is 432 g/mol. The summed E-state index contributed by atoms with van der Waals surface area (Å²) in [6.07, 6.45) is 4.88. The molecule has 1 aromatic heterocycles. The molecular formula is C25H33N7. The second-order valence-corrected chi connectivity index (χ2v) is 9.17. The molecule has 32 heavy (non-hydrogen) atoms. The Morgan fingerprint density at radius 1 is 0.875 bits per heavy atom. The van der Waals surface area contributed by atoms with Crippen molar-refractivity contribution in [1.29, 1.82) is 0 Å². The van der Waals surface area contributed by atoms with E-state index in [-0.39, 0.29) is 6.04 Å². The minimum atomic E-state index is 0.0692. The average Bonchev–Trinajstić information content (AvgIpc) is 3.53.